The van der Waals surface area contributed by atoms with E-state index >= 15 is 0 Å². The number of aliphatic imine (C=N–C) groups is 1. The normalized spacial score (nSPS) is 18.3. The molecule has 0 bridgehead atoms. The molecule has 2 amide bonds. The first-order valence-electron chi connectivity index (χ1n) is 13.8. The van der Waals surface area contributed by atoms with Crippen LogP contribution in [0, 0.1) is 11.8 Å². The van der Waals surface area contributed by atoms with Crippen molar-refractivity contribution >= 4 is 23.7 Å². The SMILES string of the molecule is COC(=O)N[C@@H](Cc1ccccc1OC)C(=O)C[C@@H](C)CCCN1C(=O)[C@@](CC(C)C)(c2ccccc2)N=C1N. The fraction of sp³-hybridized carbons (Fsp3) is 0.484. The van der Waals surface area contributed by atoms with Gasteiger partial charge in [0.05, 0.1) is 20.3 Å². The third-order valence-electron chi connectivity index (χ3n) is 7.25. The van der Waals surface area contributed by atoms with Gasteiger partial charge in [0, 0.05) is 19.4 Å². The molecule has 1 aliphatic heterocycles. The Morgan fingerprint density at radius 3 is 2.38 bits per heavy atom. The molecule has 0 saturated heterocycles. The number of nitrogens with zero attached hydrogens (tertiary/aromatic N) is 2. The second-order valence-electron chi connectivity index (χ2n) is 10.9. The third-order valence-corrected chi connectivity index (χ3v) is 7.25. The Labute approximate surface area is 237 Å². The number of benzene rings is 2. The number of ketones is 1. The van der Waals surface area contributed by atoms with Crippen LogP contribution >= 0.6 is 0 Å². The Morgan fingerprint density at radius 1 is 1.05 bits per heavy atom. The first-order valence-corrected chi connectivity index (χ1v) is 13.8. The Hall–Kier alpha value is -3.88. The monoisotopic (exact) mass is 550 g/mol. The Bertz CT molecular complexity index is 1200. The zero-order valence-corrected chi connectivity index (χ0v) is 24.2. The van der Waals surface area contributed by atoms with E-state index in [4.69, 9.17) is 20.2 Å². The summed E-state index contributed by atoms with van der Waals surface area (Å²) in [6.07, 6.45) is 1.82. The van der Waals surface area contributed by atoms with Crippen LogP contribution in [-0.2, 0) is 26.3 Å². The number of nitrogens with two attached hydrogens (primary N) is 1. The van der Waals surface area contributed by atoms with Gasteiger partial charge in [0.15, 0.2) is 17.3 Å². The van der Waals surface area contributed by atoms with Gasteiger partial charge in [-0.05, 0) is 48.3 Å². The van der Waals surface area contributed by atoms with E-state index in [-0.39, 0.29) is 42.3 Å². The molecule has 3 rings (SSSR count). The van der Waals surface area contributed by atoms with Gasteiger partial charge in [0.25, 0.3) is 5.91 Å². The van der Waals surface area contributed by atoms with Gasteiger partial charge in [-0.2, -0.15) is 0 Å². The number of nitrogens with one attached hydrogen (secondary N) is 1. The number of ether oxygens (including phenoxy) is 2. The molecule has 0 fully saturated rings. The van der Waals surface area contributed by atoms with Crippen LogP contribution in [0.15, 0.2) is 59.6 Å². The van der Waals surface area contributed by atoms with Gasteiger partial charge in [-0.25, -0.2) is 9.79 Å². The van der Waals surface area contributed by atoms with Crippen molar-refractivity contribution in [2.45, 2.75) is 64.5 Å². The summed E-state index contributed by atoms with van der Waals surface area (Å²) in [5.41, 5.74) is 6.95. The maximum atomic E-state index is 13.7. The maximum Gasteiger partial charge on any atom is 0.407 e. The molecule has 9 nitrogen and oxygen atoms in total. The molecule has 0 unspecified atom stereocenters. The molecule has 0 aromatic heterocycles. The number of hydrogen-bond donors (Lipinski definition) is 2. The first-order chi connectivity index (χ1) is 19.1. The number of Topliss-reactive ketones (excluding diaryl/α,β-unsaturated/α-hetero) is 1. The molecule has 1 heterocycles. The number of alkyl carbamates (subject to hydrolysis) is 1. The molecule has 0 aliphatic carbocycles. The molecule has 9 heteroatoms. The molecule has 2 aromatic rings. The minimum Gasteiger partial charge on any atom is -0.496 e. The highest BCUT2D eigenvalue weighted by Crippen LogP contribution is 2.38. The fourth-order valence-electron chi connectivity index (χ4n) is 5.31. The highest BCUT2D eigenvalue weighted by Gasteiger charge is 2.49. The zero-order valence-electron chi connectivity index (χ0n) is 24.2. The molecular formula is C31H42N4O5. The number of methoxy groups -OCH3 is 2. The predicted molar refractivity (Wildman–Crippen MR) is 155 cm³/mol. The zero-order chi connectivity index (χ0) is 29.3. The van der Waals surface area contributed by atoms with Gasteiger partial charge < -0.3 is 20.5 Å². The van der Waals surface area contributed by atoms with Gasteiger partial charge in [-0.1, -0.05) is 69.3 Å². The average molecular weight is 551 g/mol. The van der Waals surface area contributed by atoms with Crippen molar-refractivity contribution in [2.75, 3.05) is 20.8 Å². The van der Waals surface area contributed by atoms with Crippen LogP contribution in [0.3, 0.4) is 0 Å². The van der Waals surface area contributed by atoms with Gasteiger partial charge in [-0.3, -0.25) is 14.5 Å². The number of carbonyl (C=O) groups is 3. The van der Waals surface area contributed by atoms with E-state index in [1.54, 1.807) is 12.0 Å². The molecule has 1 aliphatic rings. The molecule has 2 aromatic carbocycles. The second kappa shape index (κ2) is 14.0. The summed E-state index contributed by atoms with van der Waals surface area (Å²) >= 11 is 0. The Kier molecular flexibility index (Phi) is 10.7. The molecular weight excluding hydrogens is 508 g/mol. The van der Waals surface area contributed by atoms with Crippen LogP contribution in [0.1, 0.15) is 57.6 Å². The number of rotatable bonds is 14. The fourth-order valence-corrected chi connectivity index (χ4v) is 5.31. The predicted octanol–water partition coefficient (Wildman–Crippen LogP) is 4.44. The highest BCUT2D eigenvalue weighted by molar-refractivity contribution is 6.07. The third kappa shape index (κ3) is 7.40. The average Bonchev–Trinajstić information content (AvgIpc) is 3.17. The van der Waals surface area contributed by atoms with Crippen molar-refractivity contribution in [3.05, 3.63) is 65.7 Å². The largest absolute Gasteiger partial charge is 0.496 e. The highest BCUT2D eigenvalue weighted by atomic mass is 16.5. The molecule has 216 valence electrons. The molecule has 3 N–H and O–H groups in total. The number of guanidine groups is 1. The van der Waals surface area contributed by atoms with Crippen LogP contribution in [-0.4, -0.2) is 55.4 Å². The summed E-state index contributed by atoms with van der Waals surface area (Å²) in [6, 6.07) is 16.2. The smallest absolute Gasteiger partial charge is 0.407 e. The molecule has 0 radical (unpaired) electrons. The van der Waals surface area contributed by atoms with Crippen LogP contribution in [0.25, 0.3) is 0 Å². The van der Waals surface area contributed by atoms with E-state index in [1.165, 1.54) is 7.11 Å². The quantitative estimate of drug-likeness (QED) is 0.359. The van der Waals surface area contributed by atoms with Crippen LogP contribution in [0.4, 0.5) is 4.79 Å². The Balaban J connectivity index is 1.62. The topological polar surface area (TPSA) is 123 Å². The summed E-state index contributed by atoms with van der Waals surface area (Å²) in [7, 11) is 2.84. The van der Waals surface area contributed by atoms with Crippen molar-refractivity contribution in [3.8, 4) is 5.75 Å². The van der Waals surface area contributed by atoms with Gasteiger partial charge in [0.2, 0.25) is 0 Å². The van der Waals surface area contributed by atoms with Crippen LogP contribution in [0.5, 0.6) is 5.75 Å². The van der Waals surface area contributed by atoms with Crippen molar-refractivity contribution in [2.24, 2.45) is 22.6 Å². The van der Waals surface area contributed by atoms with E-state index < -0.39 is 17.7 Å². The van der Waals surface area contributed by atoms with E-state index in [9.17, 15) is 14.4 Å². The van der Waals surface area contributed by atoms with E-state index in [1.807, 2.05) is 61.5 Å². The summed E-state index contributed by atoms with van der Waals surface area (Å²) in [4.78, 5) is 45.2. The minimum atomic E-state index is -1.01. The molecule has 0 spiro atoms. The summed E-state index contributed by atoms with van der Waals surface area (Å²) < 4.78 is 10.2. The van der Waals surface area contributed by atoms with E-state index in [0.29, 0.717) is 31.6 Å². The second-order valence-corrected chi connectivity index (χ2v) is 10.9. The number of para-hydroxylation sites is 1. The maximum absolute atomic E-state index is 13.7. The molecule has 0 saturated carbocycles. The van der Waals surface area contributed by atoms with Gasteiger partial charge in [-0.15, -0.1) is 0 Å². The van der Waals surface area contributed by atoms with Crippen molar-refractivity contribution in [1.29, 1.82) is 0 Å². The number of amides is 2. The standard InChI is InChI=1S/C31H42N4O5/c1-21(2)20-31(24-14-7-6-8-15-24)28(37)35(29(32)34-31)17-11-12-22(3)18-26(36)25(33-30(38)40-5)19-23-13-9-10-16-27(23)39-4/h6-10,13-16,21-22,25H,11-12,17-20H2,1-5H3,(H2,32,34)(H,33,38)/t22-,25-,31+/m0/s1. The number of carbonyl (C=O) groups excluding carboxylic acids is 3. The van der Waals surface area contributed by atoms with Crippen molar-refractivity contribution in [1.82, 2.24) is 10.2 Å². The van der Waals surface area contributed by atoms with Gasteiger partial charge in [0.1, 0.15) is 5.75 Å². The lowest BCUT2D eigenvalue weighted by Gasteiger charge is -2.28. The van der Waals surface area contributed by atoms with Crippen molar-refractivity contribution in [3.63, 3.8) is 0 Å². The molecule has 40 heavy (non-hydrogen) atoms. The van der Waals surface area contributed by atoms with Crippen molar-refractivity contribution < 1.29 is 23.9 Å². The van der Waals surface area contributed by atoms with E-state index in [0.717, 1.165) is 11.1 Å². The van der Waals surface area contributed by atoms with Gasteiger partial charge >= 0.3 is 6.09 Å². The number of hydrogen-bond acceptors (Lipinski definition) is 7. The van der Waals surface area contributed by atoms with Crippen LogP contribution < -0.4 is 15.8 Å². The lowest BCUT2D eigenvalue weighted by molar-refractivity contribution is -0.132. The Morgan fingerprint density at radius 2 is 1.73 bits per heavy atom. The van der Waals surface area contributed by atoms with E-state index in [2.05, 4.69) is 19.2 Å². The van der Waals surface area contributed by atoms with Crippen LogP contribution in [0.2, 0.25) is 0 Å². The summed E-state index contributed by atoms with van der Waals surface area (Å²) in [6.45, 7) is 6.55. The first kappa shape index (κ1) is 30.7. The minimum absolute atomic E-state index is 0.0255. The summed E-state index contributed by atoms with van der Waals surface area (Å²) in [5.74, 6) is 0.956. The summed E-state index contributed by atoms with van der Waals surface area (Å²) in [5, 5.41) is 2.67. The lowest BCUT2D eigenvalue weighted by Crippen LogP contribution is -2.44. The molecule has 3 atom stereocenters. The lowest BCUT2D eigenvalue weighted by atomic mass is 9.82.